The Morgan fingerprint density at radius 2 is 2.00 bits per heavy atom. The molecule has 0 aliphatic carbocycles. The lowest BCUT2D eigenvalue weighted by Crippen LogP contribution is -2.23. The normalized spacial score (nSPS) is 12.5. The van der Waals surface area contributed by atoms with Crippen LogP contribution in [0.15, 0.2) is 30.9 Å². The van der Waals surface area contributed by atoms with E-state index >= 15 is 0 Å². The summed E-state index contributed by atoms with van der Waals surface area (Å²) in [7, 11) is 0. The summed E-state index contributed by atoms with van der Waals surface area (Å²) in [5.74, 6) is 0. The third-order valence-electron chi connectivity index (χ3n) is 2.02. The highest BCUT2D eigenvalue weighted by molar-refractivity contribution is 6.35. The first-order chi connectivity index (χ1) is 6.65. The second kappa shape index (κ2) is 5.40. The molecule has 1 nitrogen and oxygen atoms in total. The zero-order valence-electron chi connectivity index (χ0n) is 8.06. The molecular weight excluding hydrogens is 217 g/mol. The van der Waals surface area contributed by atoms with Gasteiger partial charge in [-0.05, 0) is 19.1 Å². The van der Waals surface area contributed by atoms with Crippen LogP contribution >= 0.6 is 23.2 Å². The number of rotatable bonds is 4. The third kappa shape index (κ3) is 3.02. The van der Waals surface area contributed by atoms with Gasteiger partial charge in [0.2, 0.25) is 0 Å². The van der Waals surface area contributed by atoms with Gasteiger partial charge >= 0.3 is 0 Å². The van der Waals surface area contributed by atoms with Gasteiger partial charge in [-0.15, -0.1) is 6.58 Å². The first-order valence-corrected chi connectivity index (χ1v) is 5.19. The van der Waals surface area contributed by atoms with Gasteiger partial charge in [0.1, 0.15) is 0 Å². The molecule has 1 atom stereocenters. The van der Waals surface area contributed by atoms with Crippen LogP contribution in [-0.2, 0) is 6.54 Å². The van der Waals surface area contributed by atoms with E-state index in [9.17, 15) is 0 Å². The van der Waals surface area contributed by atoms with Crippen LogP contribution < -0.4 is 5.32 Å². The van der Waals surface area contributed by atoms with Crippen molar-refractivity contribution in [1.82, 2.24) is 5.32 Å². The predicted molar refractivity (Wildman–Crippen MR) is 63.0 cm³/mol. The van der Waals surface area contributed by atoms with Crippen molar-refractivity contribution in [3.63, 3.8) is 0 Å². The Morgan fingerprint density at radius 3 is 2.50 bits per heavy atom. The fourth-order valence-corrected chi connectivity index (χ4v) is 1.58. The molecule has 0 amide bonds. The molecule has 0 aliphatic heterocycles. The summed E-state index contributed by atoms with van der Waals surface area (Å²) in [5.41, 5.74) is 0.935. The summed E-state index contributed by atoms with van der Waals surface area (Å²) in [4.78, 5) is 0. The fraction of sp³-hybridized carbons (Fsp3) is 0.273. The van der Waals surface area contributed by atoms with Crippen LogP contribution in [0.25, 0.3) is 0 Å². The minimum atomic E-state index is 0.252. The molecule has 1 aromatic rings. The highest BCUT2D eigenvalue weighted by atomic mass is 35.5. The zero-order valence-corrected chi connectivity index (χ0v) is 9.57. The van der Waals surface area contributed by atoms with Crippen LogP contribution in [0.1, 0.15) is 12.5 Å². The Balaban J connectivity index is 2.71. The SMILES string of the molecule is C=CC(C)NCc1c(Cl)cccc1Cl. The summed E-state index contributed by atoms with van der Waals surface area (Å²) >= 11 is 12.0. The van der Waals surface area contributed by atoms with Crippen molar-refractivity contribution in [2.75, 3.05) is 0 Å². The molecule has 0 aliphatic rings. The summed E-state index contributed by atoms with van der Waals surface area (Å²) in [6, 6.07) is 5.76. The molecule has 0 heterocycles. The molecule has 0 aromatic heterocycles. The average molecular weight is 230 g/mol. The monoisotopic (exact) mass is 229 g/mol. The Labute approximate surface area is 94.7 Å². The average Bonchev–Trinajstić information content (AvgIpc) is 2.16. The molecule has 0 saturated heterocycles. The van der Waals surface area contributed by atoms with Crippen LogP contribution in [0.3, 0.4) is 0 Å². The van der Waals surface area contributed by atoms with E-state index in [0.717, 1.165) is 5.56 Å². The van der Waals surface area contributed by atoms with Crippen molar-refractivity contribution in [3.8, 4) is 0 Å². The summed E-state index contributed by atoms with van der Waals surface area (Å²) < 4.78 is 0. The van der Waals surface area contributed by atoms with Crippen molar-refractivity contribution in [1.29, 1.82) is 0 Å². The fourth-order valence-electron chi connectivity index (χ4n) is 1.05. The first kappa shape index (κ1) is 11.6. The minimum absolute atomic E-state index is 0.252. The van der Waals surface area contributed by atoms with E-state index in [2.05, 4.69) is 11.9 Å². The van der Waals surface area contributed by atoms with E-state index in [1.54, 1.807) is 0 Å². The minimum Gasteiger partial charge on any atom is -0.307 e. The maximum atomic E-state index is 6.01. The molecule has 1 aromatic carbocycles. The van der Waals surface area contributed by atoms with Gasteiger partial charge < -0.3 is 5.32 Å². The molecule has 1 unspecified atom stereocenters. The van der Waals surface area contributed by atoms with Crippen LogP contribution in [0.4, 0.5) is 0 Å². The second-order valence-electron chi connectivity index (χ2n) is 3.11. The number of hydrogen-bond donors (Lipinski definition) is 1. The molecule has 0 fully saturated rings. The summed E-state index contributed by atoms with van der Waals surface area (Å²) in [6.45, 7) is 6.37. The van der Waals surface area contributed by atoms with Gasteiger partial charge in [-0.25, -0.2) is 0 Å². The molecule has 1 rings (SSSR count). The second-order valence-corrected chi connectivity index (χ2v) is 3.92. The van der Waals surface area contributed by atoms with Crippen LogP contribution in [0, 0.1) is 0 Å². The van der Waals surface area contributed by atoms with Gasteiger partial charge in [0, 0.05) is 28.2 Å². The molecule has 0 radical (unpaired) electrons. The van der Waals surface area contributed by atoms with E-state index in [1.807, 2.05) is 31.2 Å². The van der Waals surface area contributed by atoms with Gasteiger partial charge in [-0.2, -0.15) is 0 Å². The molecule has 0 bridgehead atoms. The van der Waals surface area contributed by atoms with E-state index in [-0.39, 0.29) is 6.04 Å². The molecular formula is C11H13Cl2N. The van der Waals surface area contributed by atoms with Crippen molar-refractivity contribution < 1.29 is 0 Å². The van der Waals surface area contributed by atoms with Gasteiger partial charge in [0.25, 0.3) is 0 Å². The summed E-state index contributed by atoms with van der Waals surface area (Å²) in [6.07, 6.45) is 1.84. The summed E-state index contributed by atoms with van der Waals surface area (Å²) in [5, 5.41) is 4.63. The highest BCUT2D eigenvalue weighted by Gasteiger charge is 2.05. The van der Waals surface area contributed by atoms with Gasteiger partial charge in [0.15, 0.2) is 0 Å². The molecule has 14 heavy (non-hydrogen) atoms. The first-order valence-electron chi connectivity index (χ1n) is 4.44. The lowest BCUT2D eigenvalue weighted by atomic mass is 10.2. The van der Waals surface area contributed by atoms with Crippen LogP contribution in [0.5, 0.6) is 0 Å². The van der Waals surface area contributed by atoms with Gasteiger partial charge in [-0.3, -0.25) is 0 Å². The van der Waals surface area contributed by atoms with Gasteiger partial charge in [0.05, 0.1) is 0 Å². The van der Waals surface area contributed by atoms with Crippen molar-refractivity contribution >= 4 is 23.2 Å². The zero-order chi connectivity index (χ0) is 10.6. The smallest absolute Gasteiger partial charge is 0.0465 e. The lowest BCUT2D eigenvalue weighted by molar-refractivity contribution is 0.634. The lowest BCUT2D eigenvalue weighted by Gasteiger charge is -2.11. The van der Waals surface area contributed by atoms with E-state index in [4.69, 9.17) is 23.2 Å². The number of nitrogens with one attached hydrogen (secondary N) is 1. The predicted octanol–water partition coefficient (Wildman–Crippen LogP) is 3.66. The Morgan fingerprint density at radius 1 is 1.43 bits per heavy atom. The third-order valence-corrected chi connectivity index (χ3v) is 2.72. The molecule has 0 spiro atoms. The van der Waals surface area contributed by atoms with Gasteiger partial charge in [-0.1, -0.05) is 35.3 Å². The number of halogens is 2. The molecule has 3 heteroatoms. The Kier molecular flexibility index (Phi) is 4.46. The number of benzene rings is 1. The molecule has 1 N–H and O–H groups in total. The molecule has 0 saturated carbocycles. The van der Waals surface area contributed by atoms with Crippen molar-refractivity contribution in [3.05, 3.63) is 46.5 Å². The quantitative estimate of drug-likeness (QED) is 0.778. The van der Waals surface area contributed by atoms with E-state index in [0.29, 0.717) is 16.6 Å². The highest BCUT2D eigenvalue weighted by Crippen LogP contribution is 2.23. The number of hydrogen-bond acceptors (Lipinski definition) is 1. The van der Waals surface area contributed by atoms with Crippen LogP contribution in [0.2, 0.25) is 10.0 Å². The topological polar surface area (TPSA) is 12.0 Å². The van der Waals surface area contributed by atoms with Crippen molar-refractivity contribution in [2.45, 2.75) is 19.5 Å². The van der Waals surface area contributed by atoms with Crippen LogP contribution in [-0.4, -0.2) is 6.04 Å². The Hall–Kier alpha value is -0.500. The molecule has 76 valence electrons. The largest absolute Gasteiger partial charge is 0.307 e. The standard InChI is InChI=1S/C11H13Cl2N/c1-3-8(2)14-7-9-10(12)5-4-6-11(9)13/h3-6,8,14H,1,7H2,2H3. The van der Waals surface area contributed by atoms with Crippen molar-refractivity contribution in [2.24, 2.45) is 0 Å². The maximum Gasteiger partial charge on any atom is 0.0465 e. The maximum absolute atomic E-state index is 6.01. The van der Waals surface area contributed by atoms with E-state index < -0.39 is 0 Å². The van der Waals surface area contributed by atoms with E-state index in [1.165, 1.54) is 0 Å². The Bertz CT molecular complexity index is 303.